The summed E-state index contributed by atoms with van der Waals surface area (Å²) < 4.78 is 0. The zero-order valence-corrected chi connectivity index (χ0v) is 7.93. The molecule has 3 nitrogen and oxygen atoms in total. The van der Waals surface area contributed by atoms with Gasteiger partial charge in [-0.3, -0.25) is 9.59 Å². The van der Waals surface area contributed by atoms with Gasteiger partial charge in [0.25, 0.3) is 0 Å². The lowest BCUT2D eigenvalue weighted by molar-refractivity contribution is -0.141. The topological polar surface area (TPSA) is 54.4 Å². The molecule has 1 N–H and O–H groups in total. The van der Waals surface area contributed by atoms with E-state index in [2.05, 4.69) is 0 Å². The van der Waals surface area contributed by atoms with Gasteiger partial charge in [-0.1, -0.05) is 31.2 Å². The van der Waals surface area contributed by atoms with Crippen molar-refractivity contribution in [1.82, 2.24) is 0 Å². The van der Waals surface area contributed by atoms with Gasteiger partial charge in [-0.2, -0.15) is 0 Å². The van der Waals surface area contributed by atoms with Crippen molar-refractivity contribution >= 4 is 12.3 Å². The van der Waals surface area contributed by atoms with Crippen molar-refractivity contribution in [2.45, 2.75) is 13.3 Å². The maximum absolute atomic E-state index is 10.6. The van der Waals surface area contributed by atoms with E-state index < -0.39 is 11.9 Å². The first-order valence-electron chi connectivity index (χ1n) is 4.40. The summed E-state index contributed by atoms with van der Waals surface area (Å²) in [5.41, 5.74) is 1.54. The second-order valence-corrected chi connectivity index (χ2v) is 3.30. The van der Waals surface area contributed by atoms with Gasteiger partial charge in [0, 0.05) is 5.56 Å². The highest BCUT2D eigenvalue weighted by atomic mass is 16.4. The molecule has 0 saturated carbocycles. The molecule has 1 aromatic rings. The van der Waals surface area contributed by atoms with E-state index in [1.165, 1.54) is 0 Å². The van der Waals surface area contributed by atoms with Crippen molar-refractivity contribution in [3.05, 3.63) is 35.4 Å². The van der Waals surface area contributed by atoms with Crippen LogP contribution in [0.5, 0.6) is 0 Å². The Bertz CT molecular complexity index is 327. The van der Waals surface area contributed by atoms with Gasteiger partial charge in [-0.25, -0.2) is 0 Å². The van der Waals surface area contributed by atoms with Crippen LogP contribution >= 0.6 is 0 Å². The van der Waals surface area contributed by atoms with Gasteiger partial charge in [0.1, 0.15) is 6.29 Å². The van der Waals surface area contributed by atoms with Crippen molar-refractivity contribution in [2.75, 3.05) is 0 Å². The quantitative estimate of drug-likeness (QED) is 0.739. The van der Waals surface area contributed by atoms with E-state index in [1.54, 1.807) is 31.2 Å². The number of aliphatic carboxylic acids is 1. The fourth-order valence-corrected chi connectivity index (χ4v) is 1.17. The molecule has 0 amide bonds. The zero-order chi connectivity index (χ0) is 10.6. The average molecular weight is 192 g/mol. The van der Waals surface area contributed by atoms with Gasteiger partial charge in [0.2, 0.25) is 0 Å². The first-order chi connectivity index (χ1) is 6.63. The van der Waals surface area contributed by atoms with E-state index in [0.29, 0.717) is 12.0 Å². The van der Waals surface area contributed by atoms with Crippen LogP contribution in [0, 0.1) is 5.92 Å². The zero-order valence-electron chi connectivity index (χ0n) is 7.93. The first kappa shape index (κ1) is 10.4. The maximum Gasteiger partial charge on any atom is 0.306 e. The highest BCUT2D eigenvalue weighted by molar-refractivity contribution is 5.74. The molecule has 0 aliphatic heterocycles. The molecule has 14 heavy (non-hydrogen) atoms. The number of carbonyl (C=O) groups excluding carboxylic acids is 1. The monoisotopic (exact) mass is 192 g/mol. The Hall–Kier alpha value is -1.64. The molecule has 3 heteroatoms. The number of aldehydes is 1. The fraction of sp³-hybridized carbons (Fsp3) is 0.273. The molecule has 0 radical (unpaired) electrons. The van der Waals surface area contributed by atoms with E-state index in [1.807, 2.05) is 0 Å². The normalized spacial score (nSPS) is 12.1. The number of carboxylic acid groups (broad SMARTS) is 1. The lowest BCUT2D eigenvalue weighted by Gasteiger charge is -2.05. The van der Waals surface area contributed by atoms with Gasteiger partial charge in [0.05, 0.1) is 5.92 Å². The van der Waals surface area contributed by atoms with Crippen LogP contribution in [0.4, 0.5) is 0 Å². The largest absolute Gasteiger partial charge is 0.481 e. The molecule has 0 spiro atoms. The van der Waals surface area contributed by atoms with Crippen LogP contribution in [0.3, 0.4) is 0 Å². The summed E-state index contributed by atoms with van der Waals surface area (Å²) in [6.45, 7) is 1.66. The van der Waals surface area contributed by atoms with Crippen molar-refractivity contribution in [3.63, 3.8) is 0 Å². The Labute approximate surface area is 82.4 Å². The molecule has 0 aliphatic carbocycles. The number of hydrogen-bond acceptors (Lipinski definition) is 2. The van der Waals surface area contributed by atoms with Crippen molar-refractivity contribution in [1.29, 1.82) is 0 Å². The van der Waals surface area contributed by atoms with Crippen LogP contribution in [0.1, 0.15) is 22.8 Å². The highest BCUT2D eigenvalue weighted by Crippen LogP contribution is 2.09. The number of rotatable bonds is 4. The minimum absolute atomic E-state index is 0.392. The third kappa shape index (κ3) is 2.69. The highest BCUT2D eigenvalue weighted by Gasteiger charge is 2.10. The molecular weight excluding hydrogens is 180 g/mol. The Morgan fingerprint density at radius 2 is 2.00 bits per heavy atom. The molecular formula is C11H12O3. The van der Waals surface area contributed by atoms with Crippen LogP contribution in [0.15, 0.2) is 24.3 Å². The second-order valence-electron chi connectivity index (χ2n) is 3.30. The van der Waals surface area contributed by atoms with Crippen LogP contribution in [-0.2, 0) is 11.2 Å². The molecule has 1 atom stereocenters. The summed E-state index contributed by atoms with van der Waals surface area (Å²) >= 11 is 0. The SMILES string of the molecule is CC(Cc1ccc(C=O)cc1)C(=O)O. The van der Waals surface area contributed by atoms with Gasteiger partial charge >= 0.3 is 5.97 Å². The van der Waals surface area contributed by atoms with Gasteiger partial charge < -0.3 is 5.11 Å². The molecule has 1 rings (SSSR count). The average Bonchev–Trinajstić information content (AvgIpc) is 2.19. The smallest absolute Gasteiger partial charge is 0.306 e. The van der Waals surface area contributed by atoms with Crippen LogP contribution in [-0.4, -0.2) is 17.4 Å². The van der Waals surface area contributed by atoms with Crippen molar-refractivity contribution in [3.8, 4) is 0 Å². The van der Waals surface area contributed by atoms with E-state index in [9.17, 15) is 9.59 Å². The number of carboxylic acids is 1. The Morgan fingerprint density at radius 1 is 1.43 bits per heavy atom. The molecule has 0 saturated heterocycles. The third-order valence-electron chi connectivity index (χ3n) is 2.08. The van der Waals surface area contributed by atoms with Gasteiger partial charge in [-0.05, 0) is 12.0 Å². The molecule has 74 valence electrons. The summed E-state index contributed by atoms with van der Waals surface area (Å²) in [6.07, 6.45) is 1.26. The predicted molar refractivity (Wildman–Crippen MR) is 52.3 cm³/mol. The first-order valence-corrected chi connectivity index (χ1v) is 4.40. The molecule has 0 fully saturated rings. The van der Waals surface area contributed by atoms with Crippen molar-refractivity contribution in [2.24, 2.45) is 5.92 Å². The Balaban J connectivity index is 2.68. The molecule has 0 bridgehead atoms. The lowest BCUT2D eigenvalue weighted by Crippen LogP contribution is -2.12. The van der Waals surface area contributed by atoms with Crippen molar-refractivity contribution < 1.29 is 14.7 Å². The summed E-state index contributed by atoms with van der Waals surface area (Å²) in [4.78, 5) is 20.9. The number of hydrogen-bond donors (Lipinski definition) is 1. The van der Waals surface area contributed by atoms with Crippen LogP contribution in [0.2, 0.25) is 0 Å². The van der Waals surface area contributed by atoms with Gasteiger partial charge in [0.15, 0.2) is 0 Å². The Kier molecular flexibility index (Phi) is 3.40. The summed E-state index contributed by atoms with van der Waals surface area (Å²) in [5, 5.41) is 8.69. The van der Waals surface area contributed by atoms with Crippen LogP contribution < -0.4 is 0 Å². The summed E-state index contributed by atoms with van der Waals surface area (Å²) in [6, 6.07) is 6.94. The summed E-state index contributed by atoms with van der Waals surface area (Å²) in [5.74, 6) is -1.19. The molecule has 1 unspecified atom stereocenters. The van der Waals surface area contributed by atoms with Crippen LogP contribution in [0.25, 0.3) is 0 Å². The molecule has 0 heterocycles. The van der Waals surface area contributed by atoms with E-state index in [-0.39, 0.29) is 0 Å². The predicted octanol–water partition coefficient (Wildman–Crippen LogP) is 1.76. The molecule has 1 aromatic carbocycles. The minimum atomic E-state index is -0.801. The Morgan fingerprint density at radius 3 is 2.43 bits per heavy atom. The van der Waals surface area contributed by atoms with E-state index >= 15 is 0 Å². The lowest BCUT2D eigenvalue weighted by atomic mass is 10.0. The van der Waals surface area contributed by atoms with E-state index in [0.717, 1.165) is 11.8 Å². The number of carbonyl (C=O) groups is 2. The standard InChI is InChI=1S/C11H12O3/c1-8(11(13)14)6-9-2-4-10(7-12)5-3-9/h2-5,7-8H,6H2,1H3,(H,13,14). The van der Waals surface area contributed by atoms with E-state index in [4.69, 9.17) is 5.11 Å². The maximum atomic E-state index is 10.6. The fourth-order valence-electron chi connectivity index (χ4n) is 1.17. The molecule has 0 aliphatic rings. The van der Waals surface area contributed by atoms with Gasteiger partial charge in [-0.15, -0.1) is 0 Å². The minimum Gasteiger partial charge on any atom is -0.481 e. The summed E-state index contributed by atoms with van der Waals surface area (Å²) in [7, 11) is 0. The molecule has 0 aromatic heterocycles. The third-order valence-corrected chi connectivity index (χ3v) is 2.08. The second kappa shape index (κ2) is 4.56. The number of benzene rings is 1.